The molecule has 1 aliphatic rings. The number of hydrogen-bond donors (Lipinski definition) is 1. The van der Waals surface area contributed by atoms with Crippen LogP contribution in [0.5, 0.6) is 0 Å². The van der Waals surface area contributed by atoms with E-state index in [9.17, 15) is 4.79 Å². The van der Waals surface area contributed by atoms with E-state index >= 15 is 0 Å². The first-order chi connectivity index (χ1) is 9.40. The van der Waals surface area contributed by atoms with E-state index in [2.05, 4.69) is 44.8 Å². The van der Waals surface area contributed by atoms with Crippen molar-refractivity contribution in [3.05, 3.63) is 0 Å². The van der Waals surface area contributed by atoms with Gasteiger partial charge in [0.1, 0.15) is 0 Å². The summed E-state index contributed by atoms with van der Waals surface area (Å²) in [6, 6.07) is 0. The van der Waals surface area contributed by atoms with E-state index in [1.165, 1.54) is 0 Å². The Morgan fingerprint density at radius 2 is 1.65 bits per heavy atom. The summed E-state index contributed by atoms with van der Waals surface area (Å²) in [5, 5.41) is 3.40. The van der Waals surface area contributed by atoms with Gasteiger partial charge in [0.25, 0.3) is 0 Å². The highest BCUT2D eigenvalue weighted by atomic mass is 16.2. The molecule has 1 heterocycles. The summed E-state index contributed by atoms with van der Waals surface area (Å²) in [6.45, 7) is 14.9. The van der Waals surface area contributed by atoms with E-state index in [0.717, 1.165) is 45.4 Å². The summed E-state index contributed by atoms with van der Waals surface area (Å²) in [6.07, 6.45) is 3.27. The van der Waals surface area contributed by atoms with Crippen molar-refractivity contribution >= 4 is 5.91 Å². The van der Waals surface area contributed by atoms with Crippen LogP contribution >= 0.6 is 0 Å². The number of rotatable bonds is 7. The van der Waals surface area contributed by atoms with Gasteiger partial charge in [-0.2, -0.15) is 0 Å². The molecule has 1 fully saturated rings. The number of carbonyl (C=O) groups excluding carboxylic acids is 1. The van der Waals surface area contributed by atoms with E-state index in [4.69, 9.17) is 0 Å². The molecule has 1 amide bonds. The summed E-state index contributed by atoms with van der Waals surface area (Å²) in [5.41, 5.74) is 0. The molecule has 1 aliphatic heterocycles. The van der Waals surface area contributed by atoms with Crippen molar-refractivity contribution in [2.45, 2.75) is 53.9 Å². The molecule has 0 bridgehead atoms. The summed E-state index contributed by atoms with van der Waals surface area (Å²) >= 11 is 0. The van der Waals surface area contributed by atoms with Crippen molar-refractivity contribution in [2.75, 3.05) is 26.2 Å². The lowest BCUT2D eigenvalue weighted by Gasteiger charge is -2.33. The first kappa shape index (κ1) is 17.5. The van der Waals surface area contributed by atoms with Gasteiger partial charge >= 0.3 is 0 Å². The molecule has 1 rings (SSSR count). The largest absolute Gasteiger partial charge is 0.342 e. The van der Waals surface area contributed by atoms with Crippen LogP contribution in [0.3, 0.4) is 0 Å². The molecule has 0 saturated carbocycles. The fourth-order valence-corrected chi connectivity index (χ4v) is 2.76. The SMILES string of the molecule is CC(C)CCN(CCC(C)C)C(=O)C1CNCC(C)C1. The lowest BCUT2D eigenvalue weighted by atomic mass is 9.90. The molecule has 0 radical (unpaired) electrons. The lowest BCUT2D eigenvalue weighted by molar-refractivity contribution is -0.136. The van der Waals surface area contributed by atoms with Crippen molar-refractivity contribution in [1.82, 2.24) is 10.2 Å². The molecular weight excluding hydrogens is 248 g/mol. The number of carbonyl (C=O) groups is 1. The predicted molar refractivity (Wildman–Crippen MR) is 85.6 cm³/mol. The van der Waals surface area contributed by atoms with E-state index in [-0.39, 0.29) is 5.92 Å². The second-order valence-corrected chi connectivity index (χ2v) is 7.39. The van der Waals surface area contributed by atoms with Crippen LogP contribution in [0.2, 0.25) is 0 Å². The summed E-state index contributed by atoms with van der Waals surface area (Å²) in [4.78, 5) is 14.9. The molecule has 20 heavy (non-hydrogen) atoms. The Morgan fingerprint density at radius 3 is 2.10 bits per heavy atom. The molecule has 118 valence electrons. The van der Waals surface area contributed by atoms with Gasteiger partial charge in [0.2, 0.25) is 5.91 Å². The van der Waals surface area contributed by atoms with Gasteiger partial charge in [-0.25, -0.2) is 0 Å². The van der Waals surface area contributed by atoms with Crippen LogP contribution in [0.15, 0.2) is 0 Å². The number of amides is 1. The highest BCUT2D eigenvalue weighted by Crippen LogP contribution is 2.19. The van der Waals surface area contributed by atoms with Crippen molar-refractivity contribution in [3.63, 3.8) is 0 Å². The molecular formula is C17H34N2O. The molecule has 1 N–H and O–H groups in total. The summed E-state index contributed by atoms with van der Waals surface area (Å²) in [7, 11) is 0. The molecule has 0 aromatic heterocycles. The highest BCUT2D eigenvalue weighted by Gasteiger charge is 2.28. The van der Waals surface area contributed by atoms with Crippen molar-refractivity contribution < 1.29 is 4.79 Å². The normalized spacial score (nSPS) is 23.4. The van der Waals surface area contributed by atoms with Gasteiger partial charge in [0.15, 0.2) is 0 Å². The quantitative estimate of drug-likeness (QED) is 0.778. The smallest absolute Gasteiger partial charge is 0.226 e. The molecule has 1 saturated heterocycles. The summed E-state index contributed by atoms with van der Waals surface area (Å²) < 4.78 is 0. The second-order valence-electron chi connectivity index (χ2n) is 7.39. The van der Waals surface area contributed by atoms with Crippen LogP contribution in [-0.2, 0) is 4.79 Å². The van der Waals surface area contributed by atoms with Gasteiger partial charge < -0.3 is 10.2 Å². The van der Waals surface area contributed by atoms with Crippen molar-refractivity contribution in [3.8, 4) is 0 Å². The minimum atomic E-state index is 0.193. The predicted octanol–water partition coefficient (Wildman–Crippen LogP) is 3.15. The van der Waals surface area contributed by atoms with Gasteiger partial charge in [0, 0.05) is 19.6 Å². The Bertz CT molecular complexity index is 277. The first-order valence-corrected chi connectivity index (χ1v) is 8.39. The van der Waals surface area contributed by atoms with Crippen LogP contribution in [-0.4, -0.2) is 37.0 Å². The van der Waals surface area contributed by atoms with Gasteiger partial charge in [-0.3, -0.25) is 4.79 Å². The maximum atomic E-state index is 12.8. The van der Waals surface area contributed by atoms with Crippen LogP contribution < -0.4 is 5.32 Å². The maximum absolute atomic E-state index is 12.8. The molecule has 0 aliphatic carbocycles. The third kappa shape index (κ3) is 6.25. The Hall–Kier alpha value is -0.570. The molecule has 3 nitrogen and oxygen atoms in total. The monoisotopic (exact) mass is 282 g/mol. The fraction of sp³-hybridized carbons (Fsp3) is 0.941. The third-order valence-electron chi connectivity index (χ3n) is 4.18. The fourth-order valence-electron chi connectivity index (χ4n) is 2.76. The lowest BCUT2D eigenvalue weighted by Crippen LogP contribution is -2.46. The molecule has 0 aromatic rings. The number of nitrogens with one attached hydrogen (secondary N) is 1. The van der Waals surface area contributed by atoms with Gasteiger partial charge in [-0.1, -0.05) is 34.6 Å². The minimum Gasteiger partial charge on any atom is -0.342 e. The van der Waals surface area contributed by atoms with Crippen LogP contribution in [0.4, 0.5) is 0 Å². The minimum absolute atomic E-state index is 0.193. The topological polar surface area (TPSA) is 32.3 Å². The van der Waals surface area contributed by atoms with Crippen LogP contribution in [0, 0.1) is 23.7 Å². The van der Waals surface area contributed by atoms with Crippen LogP contribution in [0.1, 0.15) is 53.9 Å². The first-order valence-electron chi connectivity index (χ1n) is 8.39. The zero-order valence-electron chi connectivity index (χ0n) is 14.1. The standard InChI is InChI=1S/C17H34N2O/c1-13(2)6-8-19(9-7-14(3)4)17(20)16-10-15(5)11-18-12-16/h13-16,18H,6-12H2,1-5H3. The van der Waals surface area contributed by atoms with Gasteiger partial charge in [-0.05, 0) is 43.6 Å². The Balaban J connectivity index is 2.56. The summed E-state index contributed by atoms with van der Waals surface area (Å²) in [5.74, 6) is 2.51. The Labute approximate surface area is 125 Å². The van der Waals surface area contributed by atoms with Crippen molar-refractivity contribution in [1.29, 1.82) is 0 Å². The third-order valence-corrected chi connectivity index (χ3v) is 4.18. The van der Waals surface area contributed by atoms with E-state index in [0.29, 0.717) is 23.7 Å². The van der Waals surface area contributed by atoms with E-state index in [1.54, 1.807) is 0 Å². The zero-order chi connectivity index (χ0) is 15.1. The number of nitrogens with zero attached hydrogens (tertiary/aromatic N) is 1. The maximum Gasteiger partial charge on any atom is 0.226 e. The zero-order valence-corrected chi connectivity index (χ0v) is 14.1. The van der Waals surface area contributed by atoms with E-state index < -0.39 is 0 Å². The molecule has 0 spiro atoms. The van der Waals surface area contributed by atoms with Gasteiger partial charge in [-0.15, -0.1) is 0 Å². The second kappa shape index (κ2) is 8.66. The van der Waals surface area contributed by atoms with E-state index in [1.807, 2.05) is 0 Å². The Kier molecular flexibility index (Phi) is 7.57. The average Bonchev–Trinajstić information content (AvgIpc) is 2.37. The molecule has 2 unspecified atom stereocenters. The Morgan fingerprint density at radius 1 is 1.10 bits per heavy atom. The number of hydrogen-bond acceptors (Lipinski definition) is 2. The molecule has 2 atom stereocenters. The average molecular weight is 282 g/mol. The molecule has 3 heteroatoms. The van der Waals surface area contributed by atoms with Gasteiger partial charge in [0.05, 0.1) is 5.92 Å². The van der Waals surface area contributed by atoms with Crippen LogP contribution in [0.25, 0.3) is 0 Å². The highest BCUT2D eigenvalue weighted by molar-refractivity contribution is 5.79. The van der Waals surface area contributed by atoms with Crippen molar-refractivity contribution in [2.24, 2.45) is 23.7 Å². The molecule has 0 aromatic carbocycles. The number of piperidine rings is 1.